The van der Waals surface area contributed by atoms with Gasteiger partial charge in [0.25, 0.3) is 0 Å². The minimum atomic E-state index is -0.791. The van der Waals surface area contributed by atoms with E-state index in [4.69, 9.17) is 0 Å². The summed E-state index contributed by atoms with van der Waals surface area (Å²) in [6, 6.07) is 9.94. The summed E-state index contributed by atoms with van der Waals surface area (Å²) >= 11 is 0. The van der Waals surface area contributed by atoms with Crippen molar-refractivity contribution in [1.82, 2.24) is 4.90 Å². The highest BCUT2D eigenvalue weighted by Crippen LogP contribution is 2.45. The Bertz CT molecular complexity index is 594. The molecule has 2 aliphatic rings. The van der Waals surface area contributed by atoms with Crippen molar-refractivity contribution in [3.8, 4) is 0 Å². The molecular formula is C19H25NO3. The summed E-state index contributed by atoms with van der Waals surface area (Å²) in [6.07, 6.45) is 2.73. The van der Waals surface area contributed by atoms with Crippen molar-refractivity contribution in [2.45, 2.75) is 39.0 Å². The predicted molar refractivity (Wildman–Crippen MR) is 88.0 cm³/mol. The first kappa shape index (κ1) is 16.0. The van der Waals surface area contributed by atoms with Gasteiger partial charge in [0.1, 0.15) is 0 Å². The Kier molecular flexibility index (Phi) is 4.17. The third-order valence-corrected chi connectivity index (χ3v) is 5.66. The van der Waals surface area contributed by atoms with E-state index in [1.54, 1.807) is 4.90 Å². The fourth-order valence-corrected chi connectivity index (χ4v) is 3.82. The second kappa shape index (κ2) is 5.99. The van der Waals surface area contributed by atoms with Crippen LogP contribution in [0.4, 0.5) is 0 Å². The molecule has 2 fully saturated rings. The van der Waals surface area contributed by atoms with Crippen LogP contribution in [0.2, 0.25) is 0 Å². The van der Waals surface area contributed by atoms with Crippen LogP contribution in [0.3, 0.4) is 0 Å². The number of benzene rings is 1. The Labute approximate surface area is 137 Å². The van der Waals surface area contributed by atoms with Gasteiger partial charge in [-0.05, 0) is 36.7 Å². The van der Waals surface area contributed by atoms with Crippen LogP contribution >= 0.6 is 0 Å². The first-order chi connectivity index (χ1) is 11.0. The van der Waals surface area contributed by atoms with E-state index in [9.17, 15) is 14.7 Å². The highest BCUT2D eigenvalue weighted by molar-refractivity contribution is 5.86. The molecule has 1 saturated carbocycles. The summed E-state index contributed by atoms with van der Waals surface area (Å²) in [5.74, 6) is -0.321. The lowest BCUT2D eigenvalue weighted by molar-refractivity contribution is -0.151. The molecule has 1 aliphatic carbocycles. The molecule has 1 aromatic rings. The molecule has 23 heavy (non-hydrogen) atoms. The van der Waals surface area contributed by atoms with Gasteiger partial charge in [-0.1, -0.05) is 44.2 Å². The molecular weight excluding hydrogens is 290 g/mol. The quantitative estimate of drug-likeness (QED) is 0.908. The molecule has 0 aromatic heterocycles. The number of carboxylic acid groups (broad SMARTS) is 1. The molecule has 1 aliphatic heterocycles. The van der Waals surface area contributed by atoms with E-state index in [2.05, 4.69) is 0 Å². The zero-order valence-corrected chi connectivity index (χ0v) is 13.9. The van der Waals surface area contributed by atoms with E-state index >= 15 is 0 Å². The maximum absolute atomic E-state index is 13.1. The molecule has 2 atom stereocenters. The zero-order chi connectivity index (χ0) is 16.6. The smallest absolute Gasteiger partial charge is 0.311 e. The van der Waals surface area contributed by atoms with Gasteiger partial charge in [0.2, 0.25) is 5.91 Å². The van der Waals surface area contributed by atoms with Crippen molar-refractivity contribution in [3.63, 3.8) is 0 Å². The van der Waals surface area contributed by atoms with Crippen LogP contribution in [0.5, 0.6) is 0 Å². The minimum Gasteiger partial charge on any atom is -0.481 e. The number of carbonyl (C=O) groups excluding carboxylic acids is 1. The fourth-order valence-electron chi connectivity index (χ4n) is 3.82. The Morgan fingerprint density at radius 1 is 1.22 bits per heavy atom. The van der Waals surface area contributed by atoms with E-state index in [-0.39, 0.29) is 17.7 Å². The van der Waals surface area contributed by atoms with Gasteiger partial charge in [-0.15, -0.1) is 0 Å². The highest BCUT2D eigenvalue weighted by atomic mass is 16.4. The molecule has 1 N–H and O–H groups in total. The van der Waals surface area contributed by atoms with Crippen LogP contribution in [-0.4, -0.2) is 35.0 Å². The van der Waals surface area contributed by atoms with Crippen molar-refractivity contribution >= 4 is 11.9 Å². The molecule has 0 bridgehead atoms. The van der Waals surface area contributed by atoms with Gasteiger partial charge in [-0.3, -0.25) is 9.59 Å². The second-order valence-corrected chi connectivity index (χ2v) is 7.35. The van der Waals surface area contributed by atoms with Crippen LogP contribution in [0.15, 0.2) is 30.3 Å². The largest absolute Gasteiger partial charge is 0.481 e. The summed E-state index contributed by atoms with van der Waals surface area (Å²) in [4.78, 5) is 26.7. The number of carbonyl (C=O) groups is 2. The molecule has 124 valence electrons. The van der Waals surface area contributed by atoms with Crippen LogP contribution in [0.1, 0.15) is 44.6 Å². The lowest BCUT2D eigenvalue weighted by atomic mass is 9.76. The molecule has 4 nitrogen and oxygen atoms in total. The maximum atomic E-state index is 13.1. The normalized spacial score (nSPS) is 25.6. The zero-order valence-electron chi connectivity index (χ0n) is 13.9. The summed E-state index contributed by atoms with van der Waals surface area (Å²) in [5.41, 5.74) is 0.276. The molecule has 1 saturated heterocycles. The highest BCUT2D eigenvalue weighted by Gasteiger charge is 2.50. The number of amides is 1. The van der Waals surface area contributed by atoms with Gasteiger partial charge in [0.15, 0.2) is 0 Å². The Morgan fingerprint density at radius 3 is 2.35 bits per heavy atom. The van der Waals surface area contributed by atoms with E-state index in [1.807, 2.05) is 44.2 Å². The summed E-state index contributed by atoms with van der Waals surface area (Å²) in [7, 11) is 0. The van der Waals surface area contributed by atoms with Crippen LogP contribution < -0.4 is 0 Å². The number of nitrogens with zero attached hydrogens (tertiary/aromatic N) is 1. The molecule has 2 unspecified atom stereocenters. The van der Waals surface area contributed by atoms with Crippen molar-refractivity contribution in [2.75, 3.05) is 13.1 Å². The molecule has 0 radical (unpaired) electrons. The number of likely N-dealkylation sites (tertiary alicyclic amines) is 1. The van der Waals surface area contributed by atoms with Crippen molar-refractivity contribution in [1.29, 1.82) is 0 Å². The van der Waals surface area contributed by atoms with Crippen LogP contribution in [0.25, 0.3) is 0 Å². The standard InChI is InChI=1S/C19H25NO3/c1-13(2)19(18(22)23)10-11-20(12-19)17(21)16(15-8-9-15)14-6-4-3-5-7-14/h3-7,13,15-16H,8-12H2,1-2H3,(H,22,23). The Morgan fingerprint density at radius 2 is 1.87 bits per heavy atom. The lowest BCUT2D eigenvalue weighted by Crippen LogP contribution is -2.42. The van der Waals surface area contributed by atoms with Crippen LogP contribution in [-0.2, 0) is 9.59 Å². The number of hydrogen-bond donors (Lipinski definition) is 1. The first-order valence-electron chi connectivity index (χ1n) is 8.53. The van der Waals surface area contributed by atoms with E-state index in [0.717, 1.165) is 18.4 Å². The van der Waals surface area contributed by atoms with Gasteiger partial charge in [0.05, 0.1) is 11.3 Å². The SMILES string of the molecule is CC(C)C1(C(=O)O)CCN(C(=O)C(c2ccccc2)C2CC2)C1. The van der Waals surface area contributed by atoms with Gasteiger partial charge < -0.3 is 10.0 Å². The molecule has 1 amide bonds. The summed E-state index contributed by atoms with van der Waals surface area (Å²) < 4.78 is 0. The Balaban J connectivity index is 1.81. The van der Waals surface area contributed by atoms with Gasteiger partial charge >= 0.3 is 5.97 Å². The molecule has 4 heteroatoms. The molecule has 0 spiro atoms. The predicted octanol–water partition coefficient (Wildman–Crippen LogP) is 3.14. The summed E-state index contributed by atoms with van der Waals surface area (Å²) in [5, 5.41) is 9.67. The lowest BCUT2D eigenvalue weighted by Gasteiger charge is -2.30. The maximum Gasteiger partial charge on any atom is 0.311 e. The third-order valence-electron chi connectivity index (χ3n) is 5.66. The van der Waals surface area contributed by atoms with E-state index < -0.39 is 11.4 Å². The fraction of sp³-hybridized carbons (Fsp3) is 0.579. The average Bonchev–Trinajstić information content (AvgIpc) is 3.24. The van der Waals surface area contributed by atoms with Crippen LogP contribution in [0, 0.1) is 17.3 Å². The van der Waals surface area contributed by atoms with Gasteiger partial charge in [-0.25, -0.2) is 0 Å². The monoisotopic (exact) mass is 315 g/mol. The van der Waals surface area contributed by atoms with Crippen molar-refractivity contribution in [3.05, 3.63) is 35.9 Å². The molecule has 3 rings (SSSR count). The third kappa shape index (κ3) is 2.87. The number of aliphatic carboxylic acids is 1. The number of hydrogen-bond acceptors (Lipinski definition) is 2. The van der Waals surface area contributed by atoms with E-state index in [1.165, 1.54) is 0 Å². The summed E-state index contributed by atoms with van der Waals surface area (Å²) in [6.45, 7) is 4.78. The van der Waals surface area contributed by atoms with Gasteiger partial charge in [0, 0.05) is 13.1 Å². The second-order valence-electron chi connectivity index (χ2n) is 7.35. The number of carboxylic acids is 1. The number of rotatable bonds is 5. The first-order valence-corrected chi connectivity index (χ1v) is 8.53. The Hall–Kier alpha value is -1.84. The topological polar surface area (TPSA) is 57.6 Å². The average molecular weight is 315 g/mol. The van der Waals surface area contributed by atoms with Crippen molar-refractivity contribution < 1.29 is 14.7 Å². The van der Waals surface area contributed by atoms with Crippen molar-refractivity contribution in [2.24, 2.45) is 17.3 Å². The molecule has 1 aromatic carbocycles. The minimum absolute atomic E-state index is 0.0221. The molecule has 1 heterocycles. The van der Waals surface area contributed by atoms with Gasteiger partial charge in [-0.2, -0.15) is 0 Å². The van der Waals surface area contributed by atoms with E-state index in [0.29, 0.717) is 25.4 Å².